The molecule has 2 heteroatoms. The van der Waals surface area contributed by atoms with E-state index in [1.54, 1.807) is 0 Å². The molecule has 0 aliphatic carbocycles. The summed E-state index contributed by atoms with van der Waals surface area (Å²) in [5, 5.41) is 20.2. The summed E-state index contributed by atoms with van der Waals surface area (Å²) in [7, 11) is 0. The Kier molecular flexibility index (Phi) is 7.56. The maximum absolute atomic E-state index is 10.3. The van der Waals surface area contributed by atoms with Crippen molar-refractivity contribution in [3.05, 3.63) is 47.5 Å². The molecule has 0 saturated heterocycles. The van der Waals surface area contributed by atoms with Gasteiger partial charge in [0.15, 0.2) is 0 Å². The number of aliphatic hydroxyl groups is 2. The van der Waals surface area contributed by atoms with Crippen molar-refractivity contribution >= 4 is 0 Å². The zero-order valence-electron chi connectivity index (χ0n) is 12.9. The van der Waals surface area contributed by atoms with Crippen molar-refractivity contribution in [2.45, 2.75) is 58.7 Å². The van der Waals surface area contributed by atoms with Gasteiger partial charge < -0.3 is 10.2 Å². The lowest BCUT2D eigenvalue weighted by Gasteiger charge is -2.24. The highest BCUT2D eigenvalue weighted by atomic mass is 16.3. The van der Waals surface area contributed by atoms with Crippen molar-refractivity contribution in [3.63, 3.8) is 0 Å². The highest BCUT2D eigenvalue weighted by molar-refractivity contribution is 5.16. The molecule has 1 aromatic rings. The average Bonchev–Trinajstić information content (AvgIpc) is 2.47. The number of hydrogen-bond donors (Lipinski definition) is 2. The lowest BCUT2D eigenvalue weighted by atomic mass is 9.90. The Balaban J connectivity index is 2.47. The van der Waals surface area contributed by atoms with Crippen LogP contribution in [-0.2, 0) is 6.42 Å². The normalized spacial score (nSPS) is 16.8. The average molecular weight is 276 g/mol. The smallest absolute Gasteiger partial charge is 0.0797 e. The van der Waals surface area contributed by atoms with Gasteiger partial charge in [-0.1, -0.05) is 56.7 Å². The lowest BCUT2D eigenvalue weighted by Crippen LogP contribution is -2.30. The predicted octanol–water partition coefficient (Wildman–Crippen LogP) is 3.72. The van der Waals surface area contributed by atoms with Crippen LogP contribution in [0.4, 0.5) is 0 Å². The Hall–Kier alpha value is -1.12. The molecule has 1 aromatic carbocycles. The second kappa shape index (κ2) is 8.93. The van der Waals surface area contributed by atoms with Gasteiger partial charge in [-0.25, -0.2) is 0 Å². The lowest BCUT2D eigenvalue weighted by molar-refractivity contribution is 0.0344. The Morgan fingerprint density at radius 2 is 1.85 bits per heavy atom. The van der Waals surface area contributed by atoms with Crippen LogP contribution in [0.3, 0.4) is 0 Å². The quantitative estimate of drug-likeness (QED) is 0.710. The molecule has 112 valence electrons. The fourth-order valence-electron chi connectivity index (χ4n) is 2.42. The second-order valence-corrected chi connectivity index (χ2v) is 5.63. The first-order valence-corrected chi connectivity index (χ1v) is 7.63. The van der Waals surface area contributed by atoms with E-state index in [0.29, 0.717) is 0 Å². The van der Waals surface area contributed by atoms with Gasteiger partial charge in [0.1, 0.15) is 0 Å². The van der Waals surface area contributed by atoms with Crippen LogP contribution < -0.4 is 0 Å². The van der Waals surface area contributed by atoms with Crippen molar-refractivity contribution in [2.75, 3.05) is 0 Å². The second-order valence-electron chi connectivity index (χ2n) is 5.63. The van der Waals surface area contributed by atoms with Crippen LogP contribution in [0.2, 0.25) is 0 Å². The van der Waals surface area contributed by atoms with E-state index in [4.69, 9.17) is 0 Å². The molecular formula is C18H28O2. The molecule has 0 radical (unpaired) electrons. The molecule has 0 unspecified atom stereocenters. The van der Waals surface area contributed by atoms with Gasteiger partial charge in [0.25, 0.3) is 0 Å². The first-order chi connectivity index (χ1) is 9.56. The van der Waals surface area contributed by atoms with Crippen molar-refractivity contribution < 1.29 is 10.2 Å². The van der Waals surface area contributed by atoms with E-state index in [9.17, 15) is 10.2 Å². The van der Waals surface area contributed by atoms with Crippen molar-refractivity contribution in [3.8, 4) is 0 Å². The van der Waals surface area contributed by atoms with Crippen LogP contribution in [0.25, 0.3) is 0 Å². The minimum absolute atomic E-state index is 0.108. The zero-order chi connectivity index (χ0) is 15.0. The van der Waals surface area contributed by atoms with Crippen LogP contribution in [0.5, 0.6) is 0 Å². The van der Waals surface area contributed by atoms with Gasteiger partial charge in [-0.15, -0.1) is 0 Å². The first kappa shape index (κ1) is 16.9. The monoisotopic (exact) mass is 276 g/mol. The van der Waals surface area contributed by atoms with Crippen LogP contribution in [0, 0.1) is 5.92 Å². The van der Waals surface area contributed by atoms with Crippen molar-refractivity contribution in [1.29, 1.82) is 0 Å². The number of aryl methyl sites for hydroxylation is 1. The van der Waals surface area contributed by atoms with Crippen LogP contribution in [0.15, 0.2) is 42.0 Å². The maximum atomic E-state index is 10.3. The van der Waals surface area contributed by atoms with Crippen LogP contribution >= 0.6 is 0 Å². The van der Waals surface area contributed by atoms with E-state index in [1.165, 1.54) is 5.56 Å². The number of benzene rings is 1. The fourth-order valence-corrected chi connectivity index (χ4v) is 2.42. The molecule has 1 rings (SSSR count). The third kappa shape index (κ3) is 5.48. The van der Waals surface area contributed by atoms with Crippen LogP contribution in [0.1, 0.15) is 45.6 Å². The summed E-state index contributed by atoms with van der Waals surface area (Å²) < 4.78 is 0. The predicted molar refractivity (Wildman–Crippen MR) is 84.6 cm³/mol. The molecule has 3 atom stereocenters. The molecule has 0 bridgehead atoms. The van der Waals surface area contributed by atoms with E-state index < -0.39 is 12.2 Å². The van der Waals surface area contributed by atoms with Gasteiger partial charge in [-0.2, -0.15) is 0 Å². The maximum Gasteiger partial charge on any atom is 0.0797 e. The largest absolute Gasteiger partial charge is 0.393 e. The highest BCUT2D eigenvalue weighted by Gasteiger charge is 2.22. The Morgan fingerprint density at radius 1 is 1.20 bits per heavy atom. The van der Waals surface area contributed by atoms with E-state index >= 15 is 0 Å². The van der Waals surface area contributed by atoms with E-state index in [1.807, 2.05) is 39.0 Å². The molecule has 0 heterocycles. The fraction of sp³-hybridized carbons (Fsp3) is 0.556. The summed E-state index contributed by atoms with van der Waals surface area (Å²) in [5.41, 5.74) is 2.27. The van der Waals surface area contributed by atoms with E-state index in [0.717, 1.165) is 31.3 Å². The summed E-state index contributed by atoms with van der Waals surface area (Å²) in [6.45, 7) is 5.91. The van der Waals surface area contributed by atoms with Gasteiger partial charge in [0.05, 0.1) is 12.2 Å². The molecule has 0 amide bonds. The third-order valence-electron chi connectivity index (χ3n) is 3.90. The number of allylic oxidation sites excluding steroid dienone is 1. The molecule has 0 aromatic heterocycles. The number of aliphatic hydroxyl groups excluding tert-OH is 2. The van der Waals surface area contributed by atoms with Gasteiger partial charge in [-0.3, -0.25) is 0 Å². The molecular weight excluding hydrogens is 248 g/mol. The molecule has 0 saturated carbocycles. The zero-order valence-corrected chi connectivity index (χ0v) is 12.9. The van der Waals surface area contributed by atoms with Gasteiger partial charge >= 0.3 is 0 Å². The molecule has 0 spiro atoms. The summed E-state index contributed by atoms with van der Waals surface area (Å²) in [4.78, 5) is 0. The highest BCUT2D eigenvalue weighted by Crippen LogP contribution is 2.19. The van der Waals surface area contributed by atoms with Crippen molar-refractivity contribution in [2.24, 2.45) is 5.92 Å². The van der Waals surface area contributed by atoms with Crippen LogP contribution in [-0.4, -0.2) is 22.4 Å². The Labute approximate surface area is 123 Å². The number of hydrogen-bond acceptors (Lipinski definition) is 2. The topological polar surface area (TPSA) is 40.5 Å². The molecule has 20 heavy (non-hydrogen) atoms. The Morgan fingerprint density at radius 3 is 2.45 bits per heavy atom. The first-order valence-electron chi connectivity index (χ1n) is 7.63. The minimum atomic E-state index is -0.549. The number of rotatable bonds is 8. The standard InChI is InChI=1S/C18H28O2/c1-4-9-17(19)15(3)18(20)14(2)10-8-13-16-11-6-5-7-12-16/h5-7,10-12,15,17-20H,4,8-9,13H2,1-3H3/b14-10+/t15-,17-,18-/m1/s1. The van der Waals surface area contributed by atoms with Gasteiger partial charge in [-0.05, 0) is 37.3 Å². The van der Waals surface area contributed by atoms with E-state index in [2.05, 4.69) is 18.2 Å². The SMILES string of the molecule is CCC[C@@H](O)[C@@H](C)[C@H](O)/C(C)=C/CCc1ccccc1. The minimum Gasteiger partial charge on any atom is -0.393 e. The molecule has 2 nitrogen and oxygen atoms in total. The molecule has 0 aliphatic heterocycles. The van der Waals surface area contributed by atoms with Gasteiger partial charge in [0, 0.05) is 5.92 Å². The van der Waals surface area contributed by atoms with Crippen molar-refractivity contribution in [1.82, 2.24) is 0 Å². The Bertz CT molecular complexity index is 397. The summed E-state index contributed by atoms with van der Waals surface area (Å²) in [5.74, 6) is -0.108. The molecule has 2 N–H and O–H groups in total. The third-order valence-corrected chi connectivity index (χ3v) is 3.90. The summed E-state index contributed by atoms with van der Waals surface area (Å²) in [6, 6.07) is 10.3. The summed E-state index contributed by atoms with van der Waals surface area (Å²) >= 11 is 0. The molecule has 0 fully saturated rings. The van der Waals surface area contributed by atoms with Gasteiger partial charge in [0.2, 0.25) is 0 Å². The molecule has 0 aliphatic rings. The van der Waals surface area contributed by atoms with E-state index in [-0.39, 0.29) is 5.92 Å². The summed E-state index contributed by atoms with van der Waals surface area (Å²) in [6.07, 6.45) is 4.71.